The number of nitrogens with two attached hydrogens (primary N) is 1. The first-order valence-corrected chi connectivity index (χ1v) is 7.12. The molecule has 0 radical (unpaired) electrons. The molecule has 3 rings (SSSR count). The van der Waals surface area contributed by atoms with Crippen LogP contribution < -0.4 is 11.3 Å². The number of aromatic nitrogens is 2. The van der Waals surface area contributed by atoms with E-state index in [2.05, 4.69) is 4.98 Å². The van der Waals surface area contributed by atoms with E-state index in [1.54, 1.807) is 24.5 Å². The van der Waals surface area contributed by atoms with Gasteiger partial charge in [-0.05, 0) is 49.3 Å². The van der Waals surface area contributed by atoms with E-state index in [0.717, 1.165) is 31.4 Å². The van der Waals surface area contributed by atoms with Crippen molar-refractivity contribution in [1.82, 2.24) is 9.55 Å². The lowest BCUT2D eigenvalue weighted by atomic mass is 9.81. The lowest BCUT2D eigenvalue weighted by molar-refractivity contribution is 0.318. The molecule has 2 N–H and O–H groups in total. The van der Waals surface area contributed by atoms with E-state index in [-0.39, 0.29) is 5.56 Å². The van der Waals surface area contributed by atoms with Crippen LogP contribution in [0.5, 0.6) is 0 Å². The molecule has 20 heavy (non-hydrogen) atoms. The van der Waals surface area contributed by atoms with Crippen molar-refractivity contribution >= 4 is 5.69 Å². The largest absolute Gasteiger partial charge is 0.397 e. The monoisotopic (exact) mass is 269 g/mol. The molecule has 4 heteroatoms. The summed E-state index contributed by atoms with van der Waals surface area (Å²) < 4.78 is 1.87. The lowest BCUT2D eigenvalue weighted by Crippen LogP contribution is -2.26. The van der Waals surface area contributed by atoms with Gasteiger partial charge in [-0.25, -0.2) is 0 Å². The van der Waals surface area contributed by atoms with E-state index in [1.807, 2.05) is 22.9 Å². The highest BCUT2D eigenvalue weighted by atomic mass is 16.1. The fourth-order valence-corrected chi connectivity index (χ4v) is 3.20. The molecule has 1 aliphatic rings. The molecule has 0 bridgehead atoms. The van der Waals surface area contributed by atoms with Gasteiger partial charge in [-0.15, -0.1) is 0 Å². The molecule has 0 spiro atoms. The Balaban J connectivity index is 1.73. The second kappa shape index (κ2) is 5.49. The van der Waals surface area contributed by atoms with Crippen molar-refractivity contribution in [3.05, 3.63) is 58.8 Å². The maximum absolute atomic E-state index is 11.9. The van der Waals surface area contributed by atoms with E-state index in [1.165, 1.54) is 5.56 Å². The number of rotatable bonds is 2. The molecule has 0 saturated heterocycles. The minimum atomic E-state index is 0.0966. The number of anilines is 1. The molecule has 2 aromatic rings. The Bertz CT molecular complexity index is 642. The molecule has 0 amide bonds. The molecule has 1 saturated carbocycles. The predicted molar refractivity (Wildman–Crippen MR) is 79.6 cm³/mol. The zero-order valence-electron chi connectivity index (χ0n) is 11.4. The Morgan fingerprint density at radius 2 is 1.95 bits per heavy atom. The van der Waals surface area contributed by atoms with Crippen LogP contribution in [-0.4, -0.2) is 9.55 Å². The minimum Gasteiger partial charge on any atom is -0.397 e. The Morgan fingerprint density at radius 1 is 1.15 bits per heavy atom. The average Bonchev–Trinajstić information content (AvgIpc) is 2.49. The topological polar surface area (TPSA) is 60.9 Å². The molecule has 104 valence electrons. The Kier molecular flexibility index (Phi) is 3.54. The van der Waals surface area contributed by atoms with Crippen LogP contribution in [0, 0.1) is 0 Å². The first kappa shape index (κ1) is 12.9. The van der Waals surface area contributed by atoms with Crippen molar-refractivity contribution in [2.75, 3.05) is 5.73 Å². The van der Waals surface area contributed by atoms with Gasteiger partial charge < -0.3 is 10.3 Å². The Hall–Kier alpha value is -2.10. The van der Waals surface area contributed by atoms with Gasteiger partial charge in [0.05, 0.1) is 11.9 Å². The highest BCUT2D eigenvalue weighted by Crippen LogP contribution is 2.38. The maximum atomic E-state index is 11.9. The van der Waals surface area contributed by atoms with Crippen LogP contribution in [0.1, 0.15) is 43.2 Å². The standard InChI is InChI=1S/C16H19N3O/c17-15-11-18-9-8-14(15)12-4-6-13(7-5-12)19-10-2-1-3-16(19)20/h1-3,8-13H,4-7,17H2. The molecule has 4 nitrogen and oxygen atoms in total. The third-order valence-electron chi connectivity index (χ3n) is 4.27. The maximum Gasteiger partial charge on any atom is 0.250 e. The lowest BCUT2D eigenvalue weighted by Gasteiger charge is -2.30. The zero-order valence-corrected chi connectivity index (χ0v) is 11.4. The van der Waals surface area contributed by atoms with Gasteiger partial charge in [-0.2, -0.15) is 0 Å². The fourth-order valence-electron chi connectivity index (χ4n) is 3.20. The van der Waals surface area contributed by atoms with E-state index in [0.29, 0.717) is 12.0 Å². The highest BCUT2D eigenvalue weighted by molar-refractivity contribution is 5.46. The van der Waals surface area contributed by atoms with Crippen molar-refractivity contribution in [2.45, 2.75) is 37.6 Å². The average molecular weight is 269 g/mol. The van der Waals surface area contributed by atoms with Crippen molar-refractivity contribution in [2.24, 2.45) is 0 Å². The summed E-state index contributed by atoms with van der Waals surface area (Å²) >= 11 is 0. The fraction of sp³-hybridized carbons (Fsp3) is 0.375. The van der Waals surface area contributed by atoms with Crippen LogP contribution in [0.2, 0.25) is 0 Å². The third-order valence-corrected chi connectivity index (χ3v) is 4.27. The molecule has 1 aliphatic carbocycles. The molecular weight excluding hydrogens is 250 g/mol. The van der Waals surface area contributed by atoms with Crippen LogP contribution in [0.4, 0.5) is 5.69 Å². The first-order chi connectivity index (χ1) is 9.75. The van der Waals surface area contributed by atoms with Gasteiger partial charge in [0.15, 0.2) is 0 Å². The van der Waals surface area contributed by atoms with Gasteiger partial charge in [0.2, 0.25) is 0 Å². The number of hydrogen-bond acceptors (Lipinski definition) is 3. The number of hydrogen-bond donors (Lipinski definition) is 1. The van der Waals surface area contributed by atoms with Crippen LogP contribution in [-0.2, 0) is 0 Å². The van der Waals surface area contributed by atoms with Crippen molar-refractivity contribution in [3.8, 4) is 0 Å². The molecular formula is C16H19N3O. The van der Waals surface area contributed by atoms with Gasteiger partial charge in [-0.3, -0.25) is 9.78 Å². The highest BCUT2D eigenvalue weighted by Gasteiger charge is 2.24. The summed E-state index contributed by atoms with van der Waals surface area (Å²) in [4.78, 5) is 15.9. The van der Waals surface area contributed by atoms with E-state index < -0.39 is 0 Å². The van der Waals surface area contributed by atoms with Crippen molar-refractivity contribution in [1.29, 1.82) is 0 Å². The summed E-state index contributed by atoms with van der Waals surface area (Å²) in [7, 11) is 0. The Morgan fingerprint density at radius 3 is 2.65 bits per heavy atom. The van der Waals surface area contributed by atoms with Crippen LogP contribution in [0.25, 0.3) is 0 Å². The molecule has 2 heterocycles. The molecule has 0 aromatic carbocycles. The molecule has 1 fully saturated rings. The van der Waals surface area contributed by atoms with Crippen molar-refractivity contribution < 1.29 is 0 Å². The predicted octanol–water partition coefficient (Wildman–Crippen LogP) is 2.72. The molecule has 0 aliphatic heterocycles. The second-order valence-corrected chi connectivity index (χ2v) is 5.46. The zero-order chi connectivity index (χ0) is 13.9. The number of nitrogens with zero attached hydrogens (tertiary/aromatic N) is 2. The van der Waals surface area contributed by atoms with Crippen LogP contribution in [0.3, 0.4) is 0 Å². The number of pyridine rings is 2. The second-order valence-electron chi connectivity index (χ2n) is 5.46. The van der Waals surface area contributed by atoms with Gasteiger partial charge in [0.25, 0.3) is 5.56 Å². The molecule has 0 atom stereocenters. The SMILES string of the molecule is Nc1cnccc1C1CCC(n2ccccc2=O)CC1. The Labute approximate surface area is 118 Å². The van der Waals surface area contributed by atoms with Gasteiger partial charge in [-0.1, -0.05) is 6.07 Å². The summed E-state index contributed by atoms with van der Waals surface area (Å²) in [5.74, 6) is 0.494. The van der Waals surface area contributed by atoms with E-state index >= 15 is 0 Å². The van der Waals surface area contributed by atoms with Crippen LogP contribution in [0.15, 0.2) is 47.7 Å². The summed E-state index contributed by atoms with van der Waals surface area (Å²) in [6.45, 7) is 0. The summed E-state index contributed by atoms with van der Waals surface area (Å²) in [5, 5.41) is 0. The first-order valence-electron chi connectivity index (χ1n) is 7.12. The summed E-state index contributed by atoms with van der Waals surface area (Å²) in [6, 6.07) is 7.70. The van der Waals surface area contributed by atoms with Gasteiger partial charge >= 0.3 is 0 Å². The molecule has 0 unspecified atom stereocenters. The van der Waals surface area contributed by atoms with E-state index in [4.69, 9.17) is 5.73 Å². The third kappa shape index (κ3) is 2.46. The molecule has 2 aromatic heterocycles. The van der Waals surface area contributed by atoms with Gasteiger partial charge in [0.1, 0.15) is 0 Å². The van der Waals surface area contributed by atoms with Gasteiger partial charge in [0, 0.05) is 24.5 Å². The van der Waals surface area contributed by atoms with Crippen LogP contribution >= 0.6 is 0 Å². The quantitative estimate of drug-likeness (QED) is 0.911. The van der Waals surface area contributed by atoms with Crippen molar-refractivity contribution in [3.63, 3.8) is 0 Å². The summed E-state index contributed by atoms with van der Waals surface area (Å²) in [6.07, 6.45) is 9.61. The smallest absolute Gasteiger partial charge is 0.250 e. The minimum absolute atomic E-state index is 0.0966. The summed E-state index contributed by atoms with van der Waals surface area (Å²) in [5.41, 5.74) is 8.09. The normalized spacial score (nSPS) is 22.6. The number of nitrogen functional groups attached to an aromatic ring is 1. The van der Waals surface area contributed by atoms with E-state index in [9.17, 15) is 4.79 Å².